The molecule has 21 heavy (non-hydrogen) atoms. The van der Waals surface area contributed by atoms with Crippen LogP contribution in [0.2, 0.25) is 0 Å². The van der Waals surface area contributed by atoms with E-state index in [2.05, 4.69) is 17.0 Å². The van der Waals surface area contributed by atoms with Gasteiger partial charge >= 0.3 is 0 Å². The Labute approximate surface area is 125 Å². The first kappa shape index (κ1) is 15.8. The number of oxime groups is 1. The maximum absolute atomic E-state index is 14.2. The Morgan fingerprint density at radius 3 is 2.67 bits per heavy atom. The van der Waals surface area contributed by atoms with Gasteiger partial charge in [-0.3, -0.25) is 4.90 Å². The van der Waals surface area contributed by atoms with Crippen molar-refractivity contribution in [1.82, 2.24) is 4.90 Å². The van der Waals surface area contributed by atoms with Crippen LogP contribution in [0.5, 0.6) is 0 Å². The standard InChI is InChI=1S/C16H24FN3O/c1-2-20(14-6-4-3-5-7-14)11-13-9-8-12(10-15(13)17)16(18)19-21/h8-10,14,21H,2-7,11H2,1H3,(H2,18,19). The predicted octanol–water partition coefficient (Wildman–Crippen LogP) is 3.07. The highest BCUT2D eigenvalue weighted by atomic mass is 19.1. The number of nitrogens with zero attached hydrogens (tertiary/aromatic N) is 2. The van der Waals surface area contributed by atoms with E-state index in [-0.39, 0.29) is 11.7 Å². The highest BCUT2D eigenvalue weighted by molar-refractivity contribution is 5.97. The van der Waals surface area contributed by atoms with Gasteiger partial charge in [-0.25, -0.2) is 4.39 Å². The molecule has 1 fully saturated rings. The van der Waals surface area contributed by atoms with Crippen LogP contribution in [0.4, 0.5) is 4.39 Å². The summed E-state index contributed by atoms with van der Waals surface area (Å²) in [6.07, 6.45) is 6.27. The molecular formula is C16H24FN3O. The molecule has 1 aliphatic rings. The maximum atomic E-state index is 14.2. The number of rotatable bonds is 5. The fraction of sp³-hybridized carbons (Fsp3) is 0.562. The van der Waals surface area contributed by atoms with Crippen molar-refractivity contribution in [3.63, 3.8) is 0 Å². The molecule has 0 aliphatic heterocycles. The summed E-state index contributed by atoms with van der Waals surface area (Å²) >= 11 is 0. The number of hydrogen-bond acceptors (Lipinski definition) is 3. The molecule has 5 heteroatoms. The van der Waals surface area contributed by atoms with Crippen molar-refractivity contribution in [2.75, 3.05) is 6.54 Å². The van der Waals surface area contributed by atoms with Crippen LogP contribution >= 0.6 is 0 Å². The van der Waals surface area contributed by atoms with Crippen molar-refractivity contribution in [1.29, 1.82) is 0 Å². The van der Waals surface area contributed by atoms with Crippen LogP contribution in [0.3, 0.4) is 0 Å². The maximum Gasteiger partial charge on any atom is 0.170 e. The molecule has 1 saturated carbocycles. The summed E-state index contributed by atoms with van der Waals surface area (Å²) in [6.45, 7) is 3.66. The second-order valence-corrected chi connectivity index (χ2v) is 5.65. The van der Waals surface area contributed by atoms with E-state index in [1.165, 1.54) is 38.2 Å². The molecule has 116 valence electrons. The van der Waals surface area contributed by atoms with E-state index in [0.717, 1.165) is 6.54 Å². The van der Waals surface area contributed by atoms with Gasteiger partial charge in [-0.1, -0.05) is 43.5 Å². The van der Waals surface area contributed by atoms with Crippen LogP contribution in [-0.4, -0.2) is 28.5 Å². The highest BCUT2D eigenvalue weighted by Crippen LogP contribution is 2.24. The van der Waals surface area contributed by atoms with Gasteiger partial charge in [0.1, 0.15) is 5.82 Å². The number of nitrogens with two attached hydrogens (primary N) is 1. The zero-order valence-corrected chi connectivity index (χ0v) is 12.6. The van der Waals surface area contributed by atoms with E-state index in [1.54, 1.807) is 12.1 Å². The summed E-state index contributed by atoms with van der Waals surface area (Å²) in [5.74, 6) is -0.367. The van der Waals surface area contributed by atoms with Crippen LogP contribution in [-0.2, 0) is 6.54 Å². The smallest absolute Gasteiger partial charge is 0.170 e. The van der Waals surface area contributed by atoms with Crippen LogP contribution in [0.1, 0.15) is 50.2 Å². The predicted molar refractivity (Wildman–Crippen MR) is 81.9 cm³/mol. The number of hydrogen-bond donors (Lipinski definition) is 2. The zero-order chi connectivity index (χ0) is 15.2. The van der Waals surface area contributed by atoms with E-state index < -0.39 is 0 Å². The normalized spacial score (nSPS) is 17.4. The summed E-state index contributed by atoms with van der Waals surface area (Å²) in [5, 5.41) is 11.5. The molecule has 0 amide bonds. The van der Waals surface area contributed by atoms with Crippen LogP contribution in [0.15, 0.2) is 23.4 Å². The van der Waals surface area contributed by atoms with E-state index in [0.29, 0.717) is 23.7 Å². The lowest BCUT2D eigenvalue weighted by atomic mass is 9.94. The fourth-order valence-electron chi connectivity index (χ4n) is 3.06. The third-order valence-electron chi connectivity index (χ3n) is 4.33. The Morgan fingerprint density at radius 1 is 1.38 bits per heavy atom. The third-order valence-corrected chi connectivity index (χ3v) is 4.33. The second-order valence-electron chi connectivity index (χ2n) is 5.65. The molecule has 4 nitrogen and oxygen atoms in total. The Bertz CT molecular complexity index is 498. The van der Waals surface area contributed by atoms with Gasteiger partial charge in [0.2, 0.25) is 0 Å². The molecule has 1 aromatic rings. The molecule has 2 rings (SSSR count). The van der Waals surface area contributed by atoms with Crippen LogP contribution < -0.4 is 5.73 Å². The minimum atomic E-state index is -0.298. The fourth-order valence-corrected chi connectivity index (χ4v) is 3.06. The number of amidine groups is 1. The molecule has 0 spiro atoms. The largest absolute Gasteiger partial charge is 0.409 e. The molecule has 0 saturated heterocycles. The molecule has 3 N–H and O–H groups in total. The molecule has 0 unspecified atom stereocenters. The molecule has 0 bridgehead atoms. The number of halogens is 1. The van der Waals surface area contributed by atoms with Gasteiger partial charge in [0.05, 0.1) is 0 Å². The van der Waals surface area contributed by atoms with E-state index >= 15 is 0 Å². The lowest BCUT2D eigenvalue weighted by molar-refractivity contribution is 0.154. The monoisotopic (exact) mass is 293 g/mol. The van der Waals surface area contributed by atoms with Crippen LogP contribution in [0.25, 0.3) is 0 Å². The summed E-state index contributed by atoms with van der Waals surface area (Å²) in [4.78, 5) is 2.35. The highest BCUT2D eigenvalue weighted by Gasteiger charge is 2.21. The first-order valence-corrected chi connectivity index (χ1v) is 7.66. The molecule has 1 aliphatic carbocycles. The molecule has 0 atom stereocenters. The van der Waals surface area contributed by atoms with Gasteiger partial charge in [-0.15, -0.1) is 0 Å². The molecule has 0 radical (unpaired) electrons. The summed E-state index contributed by atoms with van der Waals surface area (Å²) in [7, 11) is 0. The van der Waals surface area contributed by atoms with E-state index in [1.807, 2.05) is 0 Å². The van der Waals surface area contributed by atoms with Crippen LogP contribution in [0, 0.1) is 5.82 Å². The topological polar surface area (TPSA) is 61.8 Å². The first-order valence-electron chi connectivity index (χ1n) is 7.66. The average Bonchev–Trinajstić information content (AvgIpc) is 2.53. The Kier molecular flexibility index (Phi) is 5.56. The average molecular weight is 293 g/mol. The van der Waals surface area contributed by atoms with Gasteiger partial charge in [0.25, 0.3) is 0 Å². The SMILES string of the molecule is CCN(Cc1ccc(/C(N)=N/O)cc1F)C1CCCCC1. The first-order chi connectivity index (χ1) is 10.2. The lowest BCUT2D eigenvalue weighted by Crippen LogP contribution is -2.36. The van der Waals surface area contributed by atoms with E-state index in [4.69, 9.17) is 10.9 Å². The molecule has 0 aromatic heterocycles. The lowest BCUT2D eigenvalue weighted by Gasteiger charge is -2.33. The van der Waals surface area contributed by atoms with Crippen molar-refractivity contribution in [3.8, 4) is 0 Å². The third kappa shape index (κ3) is 3.94. The Balaban J connectivity index is 2.10. The quantitative estimate of drug-likeness (QED) is 0.379. The van der Waals surface area contributed by atoms with Gasteiger partial charge in [0.15, 0.2) is 5.84 Å². The van der Waals surface area contributed by atoms with Crippen molar-refractivity contribution in [2.24, 2.45) is 10.9 Å². The van der Waals surface area contributed by atoms with Crippen molar-refractivity contribution >= 4 is 5.84 Å². The minimum Gasteiger partial charge on any atom is -0.409 e. The minimum absolute atomic E-state index is 0.0694. The Hall–Kier alpha value is -1.62. The number of benzene rings is 1. The van der Waals surface area contributed by atoms with Gasteiger partial charge in [-0.2, -0.15) is 0 Å². The molecule has 1 aromatic carbocycles. The second kappa shape index (κ2) is 7.41. The van der Waals surface area contributed by atoms with Gasteiger partial charge in [-0.05, 0) is 25.5 Å². The molecule has 0 heterocycles. The summed E-state index contributed by atoms with van der Waals surface area (Å²) < 4.78 is 14.2. The zero-order valence-electron chi connectivity index (χ0n) is 12.6. The van der Waals surface area contributed by atoms with Crippen molar-refractivity contribution < 1.29 is 9.60 Å². The van der Waals surface area contributed by atoms with Gasteiger partial charge in [0, 0.05) is 23.7 Å². The Morgan fingerprint density at radius 2 is 2.10 bits per heavy atom. The van der Waals surface area contributed by atoms with Crippen molar-refractivity contribution in [3.05, 3.63) is 35.1 Å². The van der Waals surface area contributed by atoms with Crippen molar-refractivity contribution in [2.45, 2.75) is 51.6 Å². The van der Waals surface area contributed by atoms with E-state index in [9.17, 15) is 4.39 Å². The summed E-state index contributed by atoms with van der Waals surface area (Å²) in [6, 6.07) is 5.32. The van der Waals surface area contributed by atoms with Gasteiger partial charge < -0.3 is 10.9 Å². The summed E-state index contributed by atoms with van der Waals surface area (Å²) in [5.41, 5.74) is 6.55. The molecular weight excluding hydrogens is 269 g/mol.